The van der Waals surface area contributed by atoms with Gasteiger partial charge in [-0.15, -0.1) is 11.6 Å². The van der Waals surface area contributed by atoms with Gasteiger partial charge in [-0.2, -0.15) is 0 Å². The second-order valence-electron chi connectivity index (χ2n) is 5.01. The van der Waals surface area contributed by atoms with E-state index in [1.54, 1.807) is 0 Å². The lowest BCUT2D eigenvalue weighted by molar-refractivity contribution is 0.555. The highest BCUT2D eigenvalue weighted by Gasteiger charge is 1.99. The third-order valence-corrected chi connectivity index (χ3v) is 3.84. The van der Waals surface area contributed by atoms with Crippen LogP contribution in [0.5, 0.6) is 0 Å². The number of unbranched alkanes of at least 4 members (excludes halogenated alkanes) is 10. The summed E-state index contributed by atoms with van der Waals surface area (Å²) in [6.07, 6.45) is 15.4. The van der Waals surface area contributed by atoms with Crippen LogP contribution in [-0.2, 0) is 10.2 Å². The molecule has 0 aliphatic carbocycles. The van der Waals surface area contributed by atoms with E-state index in [0.717, 1.165) is 5.88 Å². The van der Waals surface area contributed by atoms with Gasteiger partial charge >= 0.3 is 10.2 Å². The molecule has 0 fully saturated rings. The van der Waals surface area contributed by atoms with Crippen molar-refractivity contribution in [1.82, 2.24) is 0 Å². The highest BCUT2D eigenvalue weighted by Crippen LogP contribution is 2.11. The fraction of sp³-hybridized carbons (Fsp3) is 1.00. The second kappa shape index (κ2) is 18.9. The summed E-state index contributed by atoms with van der Waals surface area (Å²) in [6, 6.07) is 0. The normalized spacial score (nSPS) is 10.0. The van der Waals surface area contributed by atoms with Crippen LogP contribution < -0.4 is 0 Å². The van der Waals surface area contributed by atoms with Gasteiger partial charge in [0.05, 0.1) is 0 Å². The summed E-state index contributed by atoms with van der Waals surface area (Å²) in [5.74, 6) is 0.844. The van der Waals surface area contributed by atoms with Crippen LogP contribution in [0.3, 0.4) is 0 Å². The molecule has 8 nitrogen and oxygen atoms in total. The summed E-state index contributed by atoms with van der Waals surface area (Å²) in [5, 5.41) is 0. The molecule has 0 N–H and O–H groups in total. The summed E-state index contributed by atoms with van der Waals surface area (Å²) in [5.41, 5.74) is 15.0. The van der Waals surface area contributed by atoms with Crippen LogP contribution in [-0.4, -0.2) is 14.3 Å². The van der Waals surface area contributed by atoms with E-state index in [1.807, 2.05) is 9.82 Å². The second-order valence-corrected chi connectivity index (χ2v) is 6.61. The Morgan fingerprint density at radius 2 is 1.13 bits per heavy atom. The fourth-order valence-electron chi connectivity index (χ4n) is 1.87. The van der Waals surface area contributed by atoms with Gasteiger partial charge in [0.15, 0.2) is 0 Å². The Labute approximate surface area is 144 Å². The van der Waals surface area contributed by atoms with Crippen LogP contribution in [0.2, 0.25) is 0 Å². The highest BCUT2D eigenvalue weighted by atomic mass is 35.5. The van der Waals surface area contributed by atoms with E-state index < -0.39 is 10.2 Å². The van der Waals surface area contributed by atoms with Gasteiger partial charge in [-0.05, 0) is 17.5 Å². The van der Waals surface area contributed by atoms with Crippen LogP contribution in [0.1, 0.15) is 77.6 Å². The van der Waals surface area contributed by atoms with Gasteiger partial charge in [0.2, 0.25) is 0 Å². The number of hydrogen-bond donors (Lipinski definition) is 0. The van der Waals surface area contributed by atoms with E-state index in [9.17, 15) is 8.42 Å². The first kappa shape index (κ1) is 24.1. The van der Waals surface area contributed by atoms with Crippen molar-refractivity contribution in [2.75, 3.05) is 5.88 Å². The summed E-state index contributed by atoms with van der Waals surface area (Å²) in [4.78, 5) is 3.80. The highest BCUT2D eigenvalue weighted by molar-refractivity contribution is 7.88. The van der Waals surface area contributed by atoms with Crippen molar-refractivity contribution in [1.29, 1.82) is 0 Å². The van der Waals surface area contributed by atoms with Crippen LogP contribution in [0.4, 0.5) is 0 Å². The predicted octanol–water partition coefficient (Wildman–Crippen LogP) is 6.39. The quantitative estimate of drug-likeness (QED) is 0.123. The maximum atomic E-state index is 9.99. The SMILES string of the molecule is CCCCCCCCCCCCCCl.[N-]=[N+]=NS(=O)(=O)N=[N+]=[N-]. The Balaban J connectivity index is 0. The minimum atomic E-state index is -4.27. The largest absolute Gasteiger partial charge is 0.321 e. The van der Waals surface area contributed by atoms with E-state index in [4.69, 9.17) is 22.7 Å². The number of rotatable bonds is 13. The van der Waals surface area contributed by atoms with Crippen molar-refractivity contribution < 1.29 is 8.42 Å². The van der Waals surface area contributed by atoms with E-state index >= 15 is 0 Å². The van der Waals surface area contributed by atoms with Gasteiger partial charge in [-0.3, -0.25) is 0 Å². The number of nitrogens with zero attached hydrogens (tertiary/aromatic N) is 6. The topological polar surface area (TPSA) is 132 Å². The first-order chi connectivity index (χ1) is 11.0. The van der Waals surface area contributed by atoms with Crippen LogP contribution in [0.15, 0.2) is 9.04 Å². The van der Waals surface area contributed by atoms with E-state index in [-0.39, 0.29) is 0 Å². The monoisotopic (exact) mass is 366 g/mol. The summed E-state index contributed by atoms with van der Waals surface area (Å²) < 4.78 is 24.3. The zero-order chi connectivity index (χ0) is 17.8. The maximum absolute atomic E-state index is 9.99. The van der Waals surface area contributed by atoms with Crippen molar-refractivity contribution in [2.24, 2.45) is 9.04 Å². The number of hydrogen-bond acceptors (Lipinski definition) is 2. The predicted molar refractivity (Wildman–Crippen MR) is 94.4 cm³/mol. The zero-order valence-corrected chi connectivity index (χ0v) is 15.3. The molecule has 0 saturated carbocycles. The third kappa shape index (κ3) is 23.3. The molecule has 0 rings (SSSR count). The molecule has 0 aromatic carbocycles. The lowest BCUT2D eigenvalue weighted by Crippen LogP contribution is -1.82. The van der Waals surface area contributed by atoms with E-state index in [1.165, 1.54) is 70.6 Å². The molecule has 0 saturated heterocycles. The molecule has 0 atom stereocenters. The number of azide groups is 1. The molecule has 0 aromatic heterocycles. The van der Waals surface area contributed by atoms with E-state index in [0.29, 0.717) is 0 Å². The summed E-state index contributed by atoms with van der Waals surface area (Å²) in [6.45, 7) is 2.27. The molecule has 0 unspecified atom stereocenters. The Hall–Kier alpha value is -1.14. The van der Waals surface area contributed by atoms with Gasteiger partial charge in [0.1, 0.15) is 0 Å². The standard InChI is InChI=1S/C13H27Cl.N6O2S/c1-2-3-4-5-6-7-8-9-10-11-12-13-14;1-3-5-9(7,8)6-4-2/h2-13H2,1H3;. The molecule has 0 aromatic rings. The van der Waals surface area contributed by atoms with Crippen LogP contribution in [0.25, 0.3) is 20.9 Å². The Morgan fingerprint density at radius 3 is 1.43 bits per heavy atom. The zero-order valence-electron chi connectivity index (χ0n) is 13.8. The molecule has 134 valence electrons. The van der Waals surface area contributed by atoms with Crippen molar-refractivity contribution >= 4 is 21.8 Å². The smallest absolute Gasteiger partial charge is 0.213 e. The lowest BCUT2D eigenvalue weighted by Gasteiger charge is -2.01. The third-order valence-electron chi connectivity index (χ3n) is 3.02. The Bertz CT molecular complexity index is 423. The van der Waals surface area contributed by atoms with Crippen molar-refractivity contribution in [3.8, 4) is 0 Å². The minimum absolute atomic E-state index is 0.844. The Kier molecular flexibility index (Phi) is 19.8. The Morgan fingerprint density at radius 1 is 0.783 bits per heavy atom. The molecule has 10 heteroatoms. The molecular formula is C13H27ClN6O2S. The number of alkyl halides is 1. The molecular weight excluding hydrogens is 340 g/mol. The average molecular weight is 367 g/mol. The molecule has 0 radical (unpaired) electrons. The first-order valence-electron chi connectivity index (χ1n) is 7.97. The van der Waals surface area contributed by atoms with Crippen LogP contribution >= 0.6 is 11.6 Å². The minimum Gasteiger partial charge on any atom is -0.213 e. The first-order valence-corrected chi connectivity index (χ1v) is 9.90. The maximum Gasteiger partial charge on any atom is 0.321 e. The van der Waals surface area contributed by atoms with Crippen LogP contribution in [0, 0.1) is 0 Å². The van der Waals surface area contributed by atoms with Crippen molar-refractivity contribution in [2.45, 2.75) is 77.6 Å². The van der Waals surface area contributed by atoms with Gasteiger partial charge in [-0.1, -0.05) is 71.1 Å². The average Bonchev–Trinajstić information content (AvgIpc) is 2.50. The lowest BCUT2D eigenvalue weighted by atomic mass is 10.1. The van der Waals surface area contributed by atoms with Gasteiger partial charge in [0.25, 0.3) is 0 Å². The fourth-order valence-corrected chi connectivity index (χ4v) is 2.27. The van der Waals surface area contributed by atoms with E-state index in [2.05, 4.69) is 16.0 Å². The molecule has 0 aliphatic rings. The van der Waals surface area contributed by atoms with Crippen molar-refractivity contribution in [3.05, 3.63) is 20.9 Å². The van der Waals surface area contributed by atoms with Gasteiger partial charge in [0, 0.05) is 24.7 Å². The molecule has 0 aliphatic heterocycles. The van der Waals surface area contributed by atoms with Gasteiger partial charge < -0.3 is 0 Å². The molecule has 23 heavy (non-hydrogen) atoms. The number of halogens is 1. The molecule has 0 bridgehead atoms. The molecule has 0 amide bonds. The summed E-state index contributed by atoms with van der Waals surface area (Å²) >= 11 is 5.61. The summed E-state index contributed by atoms with van der Waals surface area (Å²) in [7, 11) is -4.27. The molecule has 0 spiro atoms. The van der Waals surface area contributed by atoms with Crippen molar-refractivity contribution in [3.63, 3.8) is 0 Å². The molecule has 0 heterocycles. The van der Waals surface area contributed by atoms with Gasteiger partial charge in [-0.25, -0.2) is 8.42 Å².